The quantitative estimate of drug-likeness (QED) is 0.717. The maximum absolute atomic E-state index is 11.5. The van der Waals surface area contributed by atoms with Crippen LogP contribution in [0.25, 0.3) is 0 Å². The minimum atomic E-state index is -0.845. The Bertz CT molecular complexity index is 587. The number of hydrogen-bond acceptors (Lipinski definition) is 4. The lowest BCUT2D eigenvalue weighted by molar-refractivity contribution is -0.141. The maximum atomic E-state index is 11.5. The third-order valence-corrected chi connectivity index (χ3v) is 3.93. The Morgan fingerprint density at radius 3 is 2.48 bits per heavy atom. The number of benzene rings is 1. The number of nitrogens with two attached hydrogens (primary N) is 1. The van der Waals surface area contributed by atoms with Crippen LogP contribution in [0.2, 0.25) is 0 Å². The number of anilines is 1. The van der Waals surface area contributed by atoms with Gasteiger partial charge in [0.15, 0.2) is 0 Å². The van der Waals surface area contributed by atoms with Crippen molar-refractivity contribution in [3.05, 3.63) is 59.8 Å². The summed E-state index contributed by atoms with van der Waals surface area (Å²) in [5.41, 5.74) is 7.57. The van der Waals surface area contributed by atoms with Crippen LogP contribution in [0.3, 0.4) is 0 Å². The van der Waals surface area contributed by atoms with Gasteiger partial charge in [0.25, 0.3) is 0 Å². The fraction of sp³-hybridized carbons (Fsp3) is 0.250. The Hall–Kier alpha value is -2.01. The van der Waals surface area contributed by atoms with Crippen molar-refractivity contribution in [2.75, 3.05) is 11.5 Å². The van der Waals surface area contributed by atoms with Crippen LogP contribution >= 0.6 is 12.6 Å². The zero-order valence-electron chi connectivity index (χ0n) is 11.5. The van der Waals surface area contributed by atoms with E-state index in [4.69, 9.17) is 5.73 Å². The number of thiol groups is 1. The summed E-state index contributed by atoms with van der Waals surface area (Å²) in [5, 5.41) is 9.44. The molecule has 0 bridgehead atoms. The smallest absolute Gasteiger partial charge is 0.307 e. The molecule has 2 aromatic rings. The van der Waals surface area contributed by atoms with E-state index in [-0.39, 0.29) is 11.7 Å². The summed E-state index contributed by atoms with van der Waals surface area (Å²) in [6.45, 7) is 0. The predicted octanol–water partition coefficient (Wildman–Crippen LogP) is 2.62. The van der Waals surface area contributed by atoms with Gasteiger partial charge in [-0.1, -0.05) is 36.4 Å². The molecule has 2 rings (SSSR count). The first-order valence-electron chi connectivity index (χ1n) is 6.71. The molecule has 1 aromatic heterocycles. The van der Waals surface area contributed by atoms with E-state index in [2.05, 4.69) is 17.6 Å². The first-order valence-corrected chi connectivity index (χ1v) is 7.34. The van der Waals surface area contributed by atoms with Crippen LogP contribution in [-0.4, -0.2) is 21.8 Å². The largest absolute Gasteiger partial charge is 0.481 e. The van der Waals surface area contributed by atoms with Crippen LogP contribution in [-0.2, 0) is 11.2 Å². The highest BCUT2D eigenvalue weighted by atomic mass is 32.1. The number of nitrogens with zero attached hydrogens (tertiary/aromatic N) is 1. The summed E-state index contributed by atoms with van der Waals surface area (Å²) in [7, 11) is 0. The van der Waals surface area contributed by atoms with Crippen LogP contribution < -0.4 is 5.73 Å². The van der Waals surface area contributed by atoms with Crippen LogP contribution in [0.15, 0.2) is 48.7 Å². The minimum absolute atomic E-state index is 0.185. The molecule has 2 atom stereocenters. The summed E-state index contributed by atoms with van der Waals surface area (Å²) in [6.07, 6.45) is 2.28. The Balaban J connectivity index is 2.34. The number of pyridine rings is 1. The molecule has 0 amide bonds. The summed E-state index contributed by atoms with van der Waals surface area (Å²) in [6, 6.07) is 13.4. The SMILES string of the molecule is Nc1ccc(C(Cc2ccccc2)C(CS)C(=O)O)cn1. The molecule has 0 saturated carbocycles. The molecule has 0 radical (unpaired) electrons. The molecule has 0 aliphatic rings. The fourth-order valence-electron chi connectivity index (χ4n) is 2.37. The van der Waals surface area contributed by atoms with Gasteiger partial charge in [-0.25, -0.2) is 4.98 Å². The van der Waals surface area contributed by atoms with Crippen molar-refractivity contribution in [2.45, 2.75) is 12.3 Å². The summed E-state index contributed by atoms with van der Waals surface area (Å²) >= 11 is 4.21. The molecule has 0 saturated heterocycles. The second-order valence-corrected chi connectivity index (χ2v) is 5.31. The number of aliphatic carboxylic acids is 1. The Morgan fingerprint density at radius 1 is 1.24 bits per heavy atom. The number of aromatic nitrogens is 1. The van der Waals surface area contributed by atoms with Gasteiger partial charge in [0.05, 0.1) is 5.92 Å². The number of carbonyl (C=O) groups is 1. The van der Waals surface area contributed by atoms with Gasteiger partial charge in [0, 0.05) is 17.9 Å². The average molecular weight is 302 g/mol. The molecular formula is C16H18N2O2S. The van der Waals surface area contributed by atoms with E-state index >= 15 is 0 Å². The molecule has 1 heterocycles. The van der Waals surface area contributed by atoms with E-state index in [0.717, 1.165) is 11.1 Å². The van der Waals surface area contributed by atoms with Crippen LogP contribution in [0, 0.1) is 5.92 Å². The van der Waals surface area contributed by atoms with Crippen LogP contribution in [0.1, 0.15) is 17.0 Å². The first kappa shape index (κ1) is 15.4. The lowest BCUT2D eigenvalue weighted by atomic mass is 9.83. The van der Waals surface area contributed by atoms with Gasteiger partial charge < -0.3 is 10.8 Å². The van der Waals surface area contributed by atoms with Crippen molar-refractivity contribution in [2.24, 2.45) is 5.92 Å². The molecule has 110 valence electrons. The van der Waals surface area contributed by atoms with Gasteiger partial charge in [-0.2, -0.15) is 12.6 Å². The summed E-state index contributed by atoms with van der Waals surface area (Å²) < 4.78 is 0. The topological polar surface area (TPSA) is 76.2 Å². The van der Waals surface area contributed by atoms with Crippen molar-refractivity contribution in [1.29, 1.82) is 0 Å². The lowest BCUT2D eigenvalue weighted by Gasteiger charge is -2.23. The number of nitrogen functional groups attached to an aromatic ring is 1. The minimum Gasteiger partial charge on any atom is -0.481 e. The van der Waals surface area contributed by atoms with Gasteiger partial charge in [0.1, 0.15) is 5.82 Å². The molecular weight excluding hydrogens is 284 g/mol. The molecule has 0 aliphatic carbocycles. The first-order chi connectivity index (χ1) is 10.1. The van der Waals surface area contributed by atoms with Crippen molar-refractivity contribution in [3.8, 4) is 0 Å². The van der Waals surface area contributed by atoms with Gasteiger partial charge in [-0.15, -0.1) is 0 Å². The Kier molecular flexibility index (Phi) is 5.22. The van der Waals surface area contributed by atoms with Crippen molar-refractivity contribution in [1.82, 2.24) is 4.98 Å². The third kappa shape index (κ3) is 3.98. The monoisotopic (exact) mass is 302 g/mol. The van der Waals surface area contributed by atoms with Crippen molar-refractivity contribution < 1.29 is 9.90 Å². The molecule has 2 unspecified atom stereocenters. The van der Waals surface area contributed by atoms with Gasteiger partial charge >= 0.3 is 5.97 Å². The summed E-state index contributed by atoms with van der Waals surface area (Å²) in [5.74, 6) is -0.899. The second-order valence-electron chi connectivity index (χ2n) is 4.94. The molecule has 0 spiro atoms. The Morgan fingerprint density at radius 2 is 1.95 bits per heavy atom. The molecule has 3 N–H and O–H groups in total. The van der Waals surface area contributed by atoms with E-state index in [0.29, 0.717) is 12.2 Å². The fourth-order valence-corrected chi connectivity index (χ4v) is 2.78. The van der Waals surface area contributed by atoms with Crippen molar-refractivity contribution in [3.63, 3.8) is 0 Å². The van der Waals surface area contributed by atoms with E-state index in [9.17, 15) is 9.90 Å². The highest BCUT2D eigenvalue weighted by molar-refractivity contribution is 7.80. The number of carboxylic acid groups (broad SMARTS) is 1. The normalized spacial score (nSPS) is 13.6. The molecule has 0 aliphatic heterocycles. The van der Waals surface area contributed by atoms with Gasteiger partial charge in [0.2, 0.25) is 0 Å². The third-order valence-electron chi connectivity index (χ3n) is 3.54. The highest BCUT2D eigenvalue weighted by Crippen LogP contribution is 2.30. The standard InChI is InChI=1S/C16H18N2O2S/c17-15-7-6-12(9-18-15)13(14(10-21)16(19)20)8-11-4-2-1-3-5-11/h1-7,9,13-14,21H,8,10H2,(H2,17,18)(H,19,20). The molecule has 5 heteroatoms. The van der Waals surface area contributed by atoms with Crippen molar-refractivity contribution >= 4 is 24.4 Å². The number of rotatable bonds is 6. The maximum Gasteiger partial charge on any atom is 0.307 e. The lowest BCUT2D eigenvalue weighted by Crippen LogP contribution is -2.25. The van der Waals surface area contributed by atoms with Gasteiger partial charge in [-0.05, 0) is 23.6 Å². The molecule has 4 nitrogen and oxygen atoms in total. The molecule has 0 fully saturated rings. The molecule has 21 heavy (non-hydrogen) atoms. The second kappa shape index (κ2) is 7.13. The van der Waals surface area contributed by atoms with E-state index in [1.807, 2.05) is 36.4 Å². The summed E-state index contributed by atoms with van der Waals surface area (Å²) in [4.78, 5) is 15.6. The van der Waals surface area contributed by atoms with Crippen LogP contribution in [0.5, 0.6) is 0 Å². The number of hydrogen-bond donors (Lipinski definition) is 3. The van der Waals surface area contributed by atoms with E-state index in [1.165, 1.54) is 0 Å². The predicted molar refractivity (Wildman–Crippen MR) is 86.5 cm³/mol. The van der Waals surface area contributed by atoms with E-state index < -0.39 is 11.9 Å². The molecule has 1 aromatic carbocycles. The van der Waals surface area contributed by atoms with E-state index in [1.54, 1.807) is 12.3 Å². The average Bonchev–Trinajstić information content (AvgIpc) is 2.48. The van der Waals surface area contributed by atoms with Gasteiger partial charge in [-0.3, -0.25) is 4.79 Å². The van der Waals surface area contributed by atoms with Crippen LogP contribution in [0.4, 0.5) is 5.82 Å². The highest BCUT2D eigenvalue weighted by Gasteiger charge is 2.28. The Labute approximate surface area is 129 Å². The number of carboxylic acids is 1. The zero-order chi connectivity index (χ0) is 15.2. The zero-order valence-corrected chi connectivity index (χ0v) is 12.4.